The largest absolute Gasteiger partial charge is 0.489 e. The molecule has 0 atom stereocenters. The topological polar surface area (TPSA) is 86.0 Å². The van der Waals surface area contributed by atoms with Crippen molar-refractivity contribution >= 4 is 38.8 Å². The second-order valence-electron chi connectivity index (χ2n) is 9.31. The molecule has 6 rings (SSSR count). The van der Waals surface area contributed by atoms with E-state index in [4.69, 9.17) is 9.47 Å². The SMILES string of the molecule is COCCN(C(=O)c1cn2c(=O)c(-c3ccc(OCc4ccccc4)cc3)ccc2c2sccc12)c1ncccn1. The molecular formula is C32H26N4O4S. The van der Waals surface area contributed by atoms with Gasteiger partial charge in [0.2, 0.25) is 5.95 Å². The minimum absolute atomic E-state index is 0.218. The molecule has 41 heavy (non-hydrogen) atoms. The van der Waals surface area contributed by atoms with Crippen molar-refractivity contribution in [2.24, 2.45) is 0 Å². The number of ether oxygens (including phenoxy) is 2. The highest BCUT2D eigenvalue weighted by molar-refractivity contribution is 7.18. The number of carbonyl (C=O) groups excluding carboxylic acids is 1. The minimum atomic E-state index is -0.309. The van der Waals surface area contributed by atoms with Gasteiger partial charge in [-0.05, 0) is 52.9 Å². The summed E-state index contributed by atoms with van der Waals surface area (Å²) in [5.41, 5.74) is 3.27. The van der Waals surface area contributed by atoms with E-state index in [0.29, 0.717) is 30.1 Å². The number of anilines is 1. The molecule has 6 aromatic rings. The van der Waals surface area contributed by atoms with E-state index in [0.717, 1.165) is 26.7 Å². The molecular weight excluding hydrogens is 536 g/mol. The number of hydrogen-bond donors (Lipinski definition) is 0. The number of carbonyl (C=O) groups is 1. The molecule has 0 bridgehead atoms. The van der Waals surface area contributed by atoms with Crippen LogP contribution in [-0.2, 0) is 11.3 Å². The second-order valence-corrected chi connectivity index (χ2v) is 10.2. The molecule has 2 aromatic carbocycles. The number of benzene rings is 2. The molecule has 0 fully saturated rings. The van der Waals surface area contributed by atoms with E-state index in [1.165, 1.54) is 16.2 Å². The smallest absolute Gasteiger partial charge is 0.263 e. The van der Waals surface area contributed by atoms with E-state index in [9.17, 15) is 9.59 Å². The maximum Gasteiger partial charge on any atom is 0.263 e. The van der Waals surface area contributed by atoms with Crippen LogP contribution in [0.25, 0.3) is 26.7 Å². The average Bonchev–Trinajstić information content (AvgIpc) is 3.52. The maximum absolute atomic E-state index is 13.9. The zero-order chi connectivity index (χ0) is 28.2. The van der Waals surface area contributed by atoms with Crippen molar-refractivity contribution in [3.63, 3.8) is 0 Å². The van der Waals surface area contributed by atoms with Gasteiger partial charge in [-0.15, -0.1) is 11.3 Å². The molecule has 4 aromatic heterocycles. The Morgan fingerprint density at radius 3 is 2.49 bits per heavy atom. The fourth-order valence-corrected chi connectivity index (χ4v) is 5.63. The van der Waals surface area contributed by atoms with Crippen molar-refractivity contribution < 1.29 is 14.3 Å². The Labute approximate surface area is 240 Å². The highest BCUT2D eigenvalue weighted by Crippen LogP contribution is 2.31. The monoisotopic (exact) mass is 562 g/mol. The Kier molecular flexibility index (Phi) is 7.53. The van der Waals surface area contributed by atoms with E-state index < -0.39 is 0 Å². The molecule has 1 amide bonds. The summed E-state index contributed by atoms with van der Waals surface area (Å²) >= 11 is 1.49. The third-order valence-electron chi connectivity index (χ3n) is 6.76. The van der Waals surface area contributed by atoms with Crippen LogP contribution in [0.4, 0.5) is 5.95 Å². The number of aromatic nitrogens is 3. The fraction of sp³-hybridized carbons (Fsp3) is 0.125. The van der Waals surface area contributed by atoms with Gasteiger partial charge in [-0.2, -0.15) is 0 Å². The van der Waals surface area contributed by atoms with Crippen molar-refractivity contribution in [1.29, 1.82) is 0 Å². The van der Waals surface area contributed by atoms with Crippen molar-refractivity contribution in [2.45, 2.75) is 6.61 Å². The summed E-state index contributed by atoms with van der Waals surface area (Å²) in [5.74, 6) is 0.676. The predicted octanol–water partition coefficient (Wildman–Crippen LogP) is 5.84. The Hall–Kier alpha value is -4.86. The van der Waals surface area contributed by atoms with Crippen LogP contribution in [0.15, 0.2) is 108 Å². The lowest BCUT2D eigenvalue weighted by Crippen LogP contribution is -2.35. The van der Waals surface area contributed by atoms with Crippen LogP contribution in [0.2, 0.25) is 0 Å². The summed E-state index contributed by atoms with van der Waals surface area (Å²) in [6, 6.07) is 24.8. The maximum atomic E-state index is 13.9. The Balaban J connectivity index is 1.37. The molecule has 0 saturated carbocycles. The molecule has 0 saturated heterocycles. The van der Waals surface area contributed by atoms with Crippen molar-refractivity contribution in [2.75, 3.05) is 25.2 Å². The summed E-state index contributed by atoms with van der Waals surface area (Å²) in [4.78, 5) is 37.8. The van der Waals surface area contributed by atoms with Crippen LogP contribution in [0, 0.1) is 0 Å². The Morgan fingerprint density at radius 1 is 0.951 bits per heavy atom. The summed E-state index contributed by atoms with van der Waals surface area (Å²) in [5, 5.41) is 2.69. The second kappa shape index (κ2) is 11.7. The van der Waals surface area contributed by atoms with Gasteiger partial charge in [0, 0.05) is 36.7 Å². The molecule has 0 aliphatic rings. The fourth-order valence-electron chi connectivity index (χ4n) is 4.70. The summed E-state index contributed by atoms with van der Waals surface area (Å²) in [6.45, 7) is 1.03. The van der Waals surface area contributed by atoms with Gasteiger partial charge in [0.25, 0.3) is 11.5 Å². The third-order valence-corrected chi connectivity index (χ3v) is 7.70. The quantitative estimate of drug-likeness (QED) is 0.220. The van der Waals surface area contributed by atoms with Gasteiger partial charge in [0.05, 0.1) is 28.9 Å². The highest BCUT2D eigenvalue weighted by Gasteiger charge is 2.24. The highest BCUT2D eigenvalue weighted by atomic mass is 32.1. The van der Waals surface area contributed by atoms with E-state index in [2.05, 4.69) is 9.97 Å². The standard InChI is InChI=1S/C32H26N4O4S/c1-39-18-17-35(32-33-15-5-16-34-32)31(38)27-20-36-28(29-26(27)14-19-41-29)13-12-25(30(36)37)23-8-10-24(11-9-23)40-21-22-6-3-2-4-7-22/h2-16,19-20H,17-18,21H2,1H3. The van der Waals surface area contributed by atoms with Crippen LogP contribution < -0.4 is 15.2 Å². The van der Waals surface area contributed by atoms with Gasteiger partial charge < -0.3 is 9.47 Å². The van der Waals surface area contributed by atoms with Crippen LogP contribution in [-0.4, -0.2) is 40.5 Å². The number of fused-ring (bicyclic) bond motifs is 3. The van der Waals surface area contributed by atoms with Crippen LogP contribution in [0.3, 0.4) is 0 Å². The van der Waals surface area contributed by atoms with E-state index in [-0.39, 0.29) is 24.0 Å². The molecule has 0 radical (unpaired) electrons. The zero-order valence-corrected chi connectivity index (χ0v) is 23.1. The number of amides is 1. The van der Waals surface area contributed by atoms with Gasteiger partial charge in [0.15, 0.2) is 0 Å². The van der Waals surface area contributed by atoms with Gasteiger partial charge in [-0.25, -0.2) is 9.97 Å². The third kappa shape index (κ3) is 5.32. The number of rotatable bonds is 9. The predicted molar refractivity (Wildman–Crippen MR) is 161 cm³/mol. The first-order valence-corrected chi connectivity index (χ1v) is 13.9. The number of thiophene rings is 1. The molecule has 0 aliphatic carbocycles. The average molecular weight is 563 g/mol. The number of methoxy groups -OCH3 is 1. The molecule has 204 valence electrons. The number of nitrogens with zero attached hydrogens (tertiary/aromatic N) is 4. The van der Waals surface area contributed by atoms with Crippen molar-refractivity contribution in [1.82, 2.24) is 14.4 Å². The zero-order valence-electron chi connectivity index (χ0n) is 22.3. The Bertz CT molecular complexity index is 1870. The molecule has 4 heterocycles. The molecule has 9 heteroatoms. The first-order chi connectivity index (χ1) is 20.1. The lowest BCUT2D eigenvalue weighted by atomic mass is 10.1. The Morgan fingerprint density at radius 2 is 1.73 bits per heavy atom. The lowest BCUT2D eigenvalue weighted by Gasteiger charge is -2.21. The minimum Gasteiger partial charge on any atom is -0.489 e. The number of hydrogen-bond acceptors (Lipinski definition) is 7. The van der Waals surface area contributed by atoms with Crippen LogP contribution in [0.1, 0.15) is 15.9 Å². The summed E-state index contributed by atoms with van der Waals surface area (Å²) in [7, 11) is 1.57. The van der Waals surface area contributed by atoms with Crippen LogP contribution in [0.5, 0.6) is 5.75 Å². The van der Waals surface area contributed by atoms with Gasteiger partial charge >= 0.3 is 0 Å². The van der Waals surface area contributed by atoms with Gasteiger partial charge in [0.1, 0.15) is 12.4 Å². The summed E-state index contributed by atoms with van der Waals surface area (Å²) in [6.07, 6.45) is 4.80. The van der Waals surface area contributed by atoms with E-state index in [1.54, 1.807) is 36.2 Å². The number of pyridine rings is 2. The van der Waals surface area contributed by atoms with Crippen LogP contribution >= 0.6 is 11.3 Å². The van der Waals surface area contributed by atoms with E-state index in [1.807, 2.05) is 78.2 Å². The van der Waals surface area contributed by atoms with Crippen molar-refractivity contribution in [3.8, 4) is 16.9 Å². The van der Waals surface area contributed by atoms with E-state index >= 15 is 0 Å². The molecule has 0 N–H and O–H groups in total. The van der Waals surface area contributed by atoms with Crippen molar-refractivity contribution in [3.05, 3.63) is 124 Å². The first kappa shape index (κ1) is 26.4. The molecule has 0 aliphatic heterocycles. The molecule has 0 spiro atoms. The molecule has 8 nitrogen and oxygen atoms in total. The first-order valence-electron chi connectivity index (χ1n) is 13.0. The molecule has 0 unspecified atom stereocenters. The lowest BCUT2D eigenvalue weighted by molar-refractivity contribution is 0.0975. The summed E-state index contributed by atoms with van der Waals surface area (Å²) < 4.78 is 13.6. The normalized spacial score (nSPS) is 11.1. The van der Waals surface area contributed by atoms with Gasteiger partial charge in [-0.1, -0.05) is 42.5 Å². The van der Waals surface area contributed by atoms with Gasteiger partial charge in [-0.3, -0.25) is 18.9 Å².